The maximum atomic E-state index is 14.8. The maximum Gasteiger partial charge on any atom is 0.407 e. The lowest BCUT2D eigenvalue weighted by atomic mass is 10.1. The minimum Gasteiger partial charge on any atom is -0.441 e. The molecular formula is C17H19BrFN7O3. The molecule has 1 fully saturated rings. The fourth-order valence-corrected chi connectivity index (χ4v) is 3.39. The van der Waals surface area contributed by atoms with Crippen LogP contribution in [0, 0.1) is 0 Å². The van der Waals surface area contributed by atoms with Crippen LogP contribution < -0.4 is 10.6 Å². The van der Waals surface area contributed by atoms with Crippen LogP contribution in [0.15, 0.2) is 29.1 Å². The monoisotopic (exact) mass is 467 g/mol. The fourth-order valence-electron chi connectivity index (χ4n) is 3.00. The highest BCUT2D eigenvalue weighted by Crippen LogP contribution is 2.33. The average Bonchev–Trinajstić information content (AvgIpc) is 3.38. The lowest BCUT2D eigenvalue weighted by Gasteiger charge is -2.16. The highest BCUT2D eigenvalue weighted by molar-refractivity contribution is 9.10. The summed E-state index contributed by atoms with van der Waals surface area (Å²) in [6.45, 7) is 3.54. The van der Waals surface area contributed by atoms with Crippen LogP contribution in [0.5, 0.6) is 0 Å². The summed E-state index contributed by atoms with van der Waals surface area (Å²) in [6.07, 6.45) is -0.833. The molecule has 0 spiro atoms. The van der Waals surface area contributed by atoms with E-state index >= 15 is 0 Å². The summed E-state index contributed by atoms with van der Waals surface area (Å²) < 4.78 is 27.7. The molecule has 154 valence electrons. The molecule has 1 aliphatic heterocycles. The molecule has 3 N–H and O–H groups in total. The molecule has 3 aromatic heterocycles. The van der Waals surface area contributed by atoms with Gasteiger partial charge >= 0.3 is 6.09 Å². The van der Waals surface area contributed by atoms with Crippen LogP contribution in [-0.2, 0) is 9.47 Å². The van der Waals surface area contributed by atoms with Gasteiger partial charge in [0.1, 0.15) is 16.2 Å². The minimum atomic E-state index is -1.52. The Morgan fingerprint density at radius 1 is 1.52 bits per heavy atom. The second-order valence-electron chi connectivity index (χ2n) is 6.83. The number of carbonyl (C=O) groups excluding carboxylic acids is 1. The number of H-pyrrole nitrogens is 1. The lowest BCUT2D eigenvalue weighted by molar-refractivity contribution is 0.0615. The predicted molar refractivity (Wildman–Crippen MR) is 105 cm³/mol. The van der Waals surface area contributed by atoms with Crippen LogP contribution in [0.3, 0.4) is 0 Å². The van der Waals surface area contributed by atoms with Gasteiger partial charge in [-0.3, -0.25) is 5.10 Å². The van der Waals surface area contributed by atoms with Gasteiger partial charge in [0, 0.05) is 12.1 Å². The third kappa shape index (κ3) is 4.03. The number of hydrogen-bond donors (Lipinski definition) is 3. The highest BCUT2D eigenvalue weighted by Gasteiger charge is 2.42. The van der Waals surface area contributed by atoms with Gasteiger partial charge in [0.25, 0.3) is 0 Å². The van der Waals surface area contributed by atoms with E-state index < -0.39 is 24.5 Å². The molecule has 3 aromatic rings. The summed E-state index contributed by atoms with van der Waals surface area (Å²) in [5, 5.41) is 16.7. The van der Waals surface area contributed by atoms with Crippen LogP contribution in [0.2, 0.25) is 0 Å². The number of fused-ring (bicyclic) bond motifs is 1. The van der Waals surface area contributed by atoms with Crippen LogP contribution in [0.4, 0.5) is 20.8 Å². The number of nitrogens with one attached hydrogen (secondary N) is 3. The summed E-state index contributed by atoms with van der Waals surface area (Å²) in [4.78, 5) is 16.0. The van der Waals surface area contributed by atoms with Gasteiger partial charge in [-0.05, 0) is 35.8 Å². The number of anilines is 2. The van der Waals surface area contributed by atoms with Crippen molar-refractivity contribution >= 4 is 39.2 Å². The van der Waals surface area contributed by atoms with Crippen LogP contribution in [0.25, 0.3) is 5.52 Å². The quantitative estimate of drug-likeness (QED) is 0.527. The van der Waals surface area contributed by atoms with Crippen molar-refractivity contribution in [3.05, 3.63) is 34.8 Å². The van der Waals surface area contributed by atoms with Crippen LogP contribution >= 0.6 is 15.9 Å². The summed E-state index contributed by atoms with van der Waals surface area (Å²) in [5.41, 5.74) is 1.17. The Morgan fingerprint density at radius 3 is 3.14 bits per heavy atom. The standard InChI is InChI=1S/C17H19BrFN7O3/c1-8(2)22-17(27)29-11-7-28-15(14(11)19)9-5-13(25-24-9)23-16-10-3-4-21-26(10)12(18)6-20-16/h3-6,8,11,14-15H,7H2,1-2H3,(H,22,27)(H2,20,23,24,25)/t11-,14-,15-/m0/s1. The highest BCUT2D eigenvalue weighted by atomic mass is 79.9. The number of aromatic amines is 1. The fraction of sp³-hybridized carbons (Fsp3) is 0.412. The first-order valence-electron chi connectivity index (χ1n) is 8.95. The van der Waals surface area contributed by atoms with E-state index in [9.17, 15) is 9.18 Å². The number of aromatic nitrogens is 5. The number of alkyl halides is 1. The zero-order valence-electron chi connectivity index (χ0n) is 15.6. The number of alkyl carbamates (subject to hydrolysis) is 1. The molecule has 0 unspecified atom stereocenters. The van der Waals surface area contributed by atoms with Crippen molar-refractivity contribution in [3.8, 4) is 0 Å². The van der Waals surface area contributed by atoms with Crippen molar-refractivity contribution in [3.63, 3.8) is 0 Å². The van der Waals surface area contributed by atoms with Gasteiger partial charge < -0.3 is 20.1 Å². The number of carbonyl (C=O) groups is 1. The number of ether oxygens (including phenoxy) is 2. The van der Waals surface area contributed by atoms with Crippen molar-refractivity contribution in [1.82, 2.24) is 30.1 Å². The summed E-state index contributed by atoms with van der Waals surface area (Å²) in [5.74, 6) is 0.982. The largest absolute Gasteiger partial charge is 0.441 e. The normalized spacial score (nSPS) is 21.6. The van der Waals surface area contributed by atoms with E-state index in [0.29, 0.717) is 21.9 Å². The molecule has 10 nitrogen and oxygen atoms in total. The zero-order chi connectivity index (χ0) is 20.5. The molecule has 0 bridgehead atoms. The van der Waals surface area contributed by atoms with E-state index in [1.807, 2.05) is 0 Å². The van der Waals surface area contributed by atoms with E-state index in [-0.39, 0.29) is 12.6 Å². The Labute approximate surface area is 173 Å². The Kier molecular flexibility index (Phi) is 5.37. The second-order valence-corrected chi connectivity index (χ2v) is 7.64. The molecular weight excluding hydrogens is 449 g/mol. The van der Waals surface area contributed by atoms with Crippen molar-refractivity contribution in [2.24, 2.45) is 0 Å². The third-order valence-electron chi connectivity index (χ3n) is 4.29. The SMILES string of the molecule is CC(C)NC(=O)O[C@H]1CO[C@@H](c2cc(Nc3ncc(Br)n4nccc34)n[nH]2)[C@H]1F. The van der Waals surface area contributed by atoms with Gasteiger partial charge in [0.15, 0.2) is 23.9 Å². The predicted octanol–water partition coefficient (Wildman–Crippen LogP) is 2.87. The molecule has 4 rings (SSSR count). The van der Waals surface area contributed by atoms with Crippen LogP contribution in [-0.4, -0.2) is 55.8 Å². The number of nitrogens with zero attached hydrogens (tertiary/aromatic N) is 4. The molecule has 0 aliphatic carbocycles. The van der Waals surface area contributed by atoms with E-state index in [1.54, 1.807) is 42.9 Å². The molecule has 4 heterocycles. The molecule has 0 radical (unpaired) electrons. The van der Waals surface area contributed by atoms with E-state index in [2.05, 4.69) is 46.8 Å². The van der Waals surface area contributed by atoms with E-state index in [0.717, 1.165) is 5.52 Å². The molecule has 12 heteroatoms. The van der Waals surface area contributed by atoms with Crippen molar-refractivity contribution in [2.75, 3.05) is 11.9 Å². The van der Waals surface area contributed by atoms with Gasteiger partial charge in [-0.25, -0.2) is 18.7 Å². The van der Waals surface area contributed by atoms with E-state index in [4.69, 9.17) is 9.47 Å². The first-order chi connectivity index (χ1) is 13.9. The Hall–Kier alpha value is -2.73. The van der Waals surface area contributed by atoms with Gasteiger partial charge in [-0.15, -0.1) is 0 Å². The molecule has 3 atom stereocenters. The third-order valence-corrected chi connectivity index (χ3v) is 4.83. The number of halogens is 2. The molecule has 0 aromatic carbocycles. The average molecular weight is 468 g/mol. The summed E-state index contributed by atoms with van der Waals surface area (Å²) in [6, 6.07) is 3.33. The van der Waals surface area contributed by atoms with Crippen LogP contribution in [0.1, 0.15) is 25.6 Å². The molecule has 1 aliphatic rings. The second kappa shape index (κ2) is 7.95. The molecule has 0 saturated carbocycles. The minimum absolute atomic E-state index is 0.0379. The number of amides is 1. The zero-order valence-corrected chi connectivity index (χ0v) is 17.2. The van der Waals surface area contributed by atoms with Gasteiger partial charge in [0.2, 0.25) is 0 Å². The lowest BCUT2D eigenvalue weighted by Crippen LogP contribution is -2.36. The van der Waals surface area contributed by atoms with Gasteiger partial charge in [-0.1, -0.05) is 0 Å². The van der Waals surface area contributed by atoms with E-state index in [1.165, 1.54) is 0 Å². The summed E-state index contributed by atoms with van der Waals surface area (Å²) >= 11 is 3.38. The summed E-state index contributed by atoms with van der Waals surface area (Å²) in [7, 11) is 0. The smallest absolute Gasteiger partial charge is 0.407 e. The molecule has 1 saturated heterocycles. The first kappa shape index (κ1) is 19.6. The Bertz CT molecular complexity index is 1020. The number of hydrogen-bond acceptors (Lipinski definition) is 7. The van der Waals surface area contributed by atoms with Gasteiger partial charge in [0.05, 0.1) is 24.7 Å². The Balaban J connectivity index is 1.44. The topological polar surface area (TPSA) is 118 Å². The van der Waals surface area contributed by atoms with Crippen molar-refractivity contribution in [1.29, 1.82) is 0 Å². The number of rotatable bonds is 5. The Morgan fingerprint density at radius 2 is 2.34 bits per heavy atom. The maximum absolute atomic E-state index is 14.8. The van der Waals surface area contributed by atoms with Crippen molar-refractivity contribution in [2.45, 2.75) is 38.3 Å². The van der Waals surface area contributed by atoms with Gasteiger partial charge in [-0.2, -0.15) is 10.2 Å². The van der Waals surface area contributed by atoms with Crippen molar-refractivity contribution < 1.29 is 18.7 Å². The molecule has 1 amide bonds. The first-order valence-corrected chi connectivity index (χ1v) is 9.75. The molecule has 29 heavy (non-hydrogen) atoms.